The Morgan fingerprint density at radius 2 is 1.83 bits per heavy atom. The molecule has 5 nitrogen and oxygen atoms in total. The maximum atomic E-state index is 13.0. The number of benzene rings is 2. The van der Waals surface area contributed by atoms with Crippen molar-refractivity contribution in [3.63, 3.8) is 0 Å². The summed E-state index contributed by atoms with van der Waals surface area (Å²) in [6.07, 6.45) is 0.181. The van der Waals surface area contributed by atoms with Gasteiger partial charge in [0.15, 0.2) is 0 Å². The number of hydrogen-bond donors (Lipinski definition) is 0. The molecule has 4 rings (SSSR count). The molecule has 0 amide bonds. The first-order chi connectivity index (χ1) is 11.0. The first-order valence-electron chi connectivity index (χ1n) is 7.26. The minimum Gasteiger partial charge on any atom is -0.272 e. The molecule has 0 radical (unpaired) electrons. The van der Waals surface area contributed by atoms with Gasteiger partial charge in [-0.3, -0.25) is 4.18 Å². The Balaban J connectivity index is 1.81. The van der Waals surface area contributed by atoms with Crippen molar-refractivity contribution in [2.75, 3.05) is 0 Å². The Morgan fingerprint density at radius 1 is 1.13 bits per heavy atom. The van der Waals surface area contributed by atoms with Crippen LogP contribution in [0.25, 0.3) is 0 Å². The van der Waals surface area contributed by atoms with Crippen LogP contribution < -0.4 is 0 Å². The smallest absolute Gasteiger partial charge is 0.256 e. The normalized spacial score (nSPS) is 26.9. The van der Waals surface area contributed by atoms with Crippen LogP contribution in [0.2, 0.25) is 0 Å². The Kier molecular flexibility index (Phi) is 3.42. The largest absolute Gasteiger partial charge is 0.272 e. The summed E-state index contributed by atoms with van der Waals surface area (Å²) in [6, 6.07) is 13.6. The lowest BCUT2D eigenvalue weighted by Crippen LogP contribution is -2.32. The van der Waals surface area contributed by atoms with Crippen molar-refractivity contribution in [3.8, 4) is 0 Å². The van der Waals surface area contributed by atoms with Crippen molar-refractivity contribution in [2.24, 2.45) is 0 Å². The molecule has 2 aliphatic rings. The Bertz CT molecular complexity index is 893. The predicted molar refractivity (Wildman–Crippen MR) is 86.1 cm³/mol. The summed E-state index contributed by atoms with van der Waals surface area (Å²) in [5, 5.41) is 0. The molecule has 1 saturated heterocycles. The van der Waals surface area contributed by atoms with E-state index in [0.29, 0.717) is 6.42 Å². The number of sulfonamides is 1. The van der Waals surface area contributed by atoms with Crippen LogP contribution in [-0.4, -0.2) is 22.4 Å². The molecule has 1 aliphatic carbocycles. The molecule has 7 heteroatoms. The summed E-state index contributed by atoms with van der Waals surface area (Å²) >= 11 is -2.01. The van der Waals surface area contributed by atoms with E-state index in [2.05, 4.69) is 0 Å². The highest BCUT2D eigenvalue weighted by atomic mass is 32.3. The monoisotopic (exact) mass is 349 g/mol. The van der Waals surface area contributed by atoms with Gasteiger partial charge in [0.1, 0.15) is 6.10 Å². The van der Waals surface area contributed by atoms with Gasteiger partial charge in [-0.05, 0) is 30.2 Å². The minimum absolute atomic E-state index is 0.130. The molecule has 23 heavy (non-hydrogen) atoms. The van der Waals surface area contributed by atoms with Gasteiger partial charge in [0.2, 0.25) is 0 Å². The first-order valence-corrected chi connectivity index (χ1v) is 9.73. The second kappa shape index (κ2) is 5.24. The summed E-state index contributed by atoms with van der Waals surface area (Å²) in [7, 11) is -3.89. The van der Waals surface area contributed by atoms with Gasteiger partial charge in [-0.15, -0.1) is 0 Å². The molecule has 0 unspecified atom stereocenters. The molecule has 0 aromatic heterocycles. The van der Waals surface area contributed by atoms with Crippen LogP contribution >= 0.6 is 0 Å². The fraction of sp³-hybridized carbons (Fsp3) is 0.250. The fourth-order valence-electron chi connectivity index (χ4n) is 3.16. The SMILES string of the molecule is Cc1ccc(S(=O)(=O)N2[C@H]3c4ccccc4C[C@H]3O[S@]2=O)cc1. The van der Waals surface area contributed by atoms with Gasteiger partial charge < -0.3 is 0 Å². The summed E-state index contributed by atoms with van der Waals surface area (Å²) in [4.78, 5) is 0.130. The lowest BCUT2D eigenvalue weighted by molar-refractivity contribution is 0.230. The minimum atomic E-state index is -3.89. The maximum absolute atomic E-state index is 13.0. The molecule has 2 aromatic rings. The van der Waals surface area contributed by atoms with E-state index < -0.39 is 33.4 Å². The summed E-state index contributed by atoms with van der Waals surface area (Å²) in [5.41, 5.74) is 2.88. The number of hydrogen-bond acceptors (Lipinski definition) is 4. The lowest BCUT2D eigenvalue weighted by Gasteiger charge is -2.20. The van der Waals surface area contributed by atoms with E-state index in [-0.39, 0.29) is 4.90 Å². The van der Waals surface area contributed by atoms with Gasteiger partial charge >= 0.3 is 0 Å². The lowest BCUT2D eigenvalue weighted by atomic mass is 10.1. The van der Waals surface area contributed by atoms with Crippen LogP contribution in [0.4, 0.5) is 0 Å². The van der Waals surface area contributed by atoms with E-state index in [4.69, 9.17) is 4.18 Å². The maximum Gasteiger partial charge on any atom is 0.256 e. The van der Waals surface area contributed by atoms with Crippen LogP contribution in [-0.2, 0) is 31.9 Å². The zero-order chi connectivity index (χ0) is 16.2. The topological polar surface area (TPSA) is 63.7 Å². The van der Waals surface area contributed by atoms with Crippen LogP contribution in [0.15, 0.2) is 53.4 Å². The molecule has 0 saturated carbocycles. The van der Waals surface area contributed by atoms with E-state index in [9.17, 15) is 12.6 Å². The second-order valence-corrected chi connectivity index (χ2v) is 8.84. The van der Waals surface area contributed by atoms with Crippen molar-refractivity contribution < 1.29 is 16.8 Å². The summed E-state index contributed by atoms with van der Waals surface area (Å²) < 4.78 is 44.7. The van der Waals surface area contributed by atoms with E-state index >= 15 is 0 Å². The van der Waals surface area contributed by atoms with Crippen molar-refractivity contribution in [2.45, 2.75) is 30.4 Å². The molecule has 0 N–H and O–H groups in total. The molecule has 1 heterocycles. The predicted octanol–water partition coefficient (Wildman–Crippen LogP) is 2.26. The van der Waals surface area contributed by atoms with Crippen LogP contribution in [0.3, 0.4) is 0 Å². The standard InChI is InChI=1S/C16H15NO4S2/c1-11-6-8-13(9-7-11)23(19,20)17-16-14-5-3-2-4-12(14)10-15(16)21-22(17)18/h2-9,15-16H,10H2,1H3/t15-,16+,22-/m1/s1. The van der Waals surface area contributed by atoms with Gasteiger partial charge in [-0.2, -0.15) is 0 Å². The summed E-state index contributed by atoms with van der Waals surface area (Å²) in [5.74, 6) is 0. The van der Waals surface area contributed by atoms with Crippen LogP contribution in [0, 0.1) is 6.92 Å². The van der Waals surface area contributed by atoms with Gasteiger partial charge in [-0.1, -0.05) is 45.7 Å². The number of fused-ring (bicyclic) bond motifs is 3. The molecule has 1 fully saturated rings. The third kappa shape index (κ3) is 2.27. The number of aryl methyl sites for hydroxylation is 1. The average Bonchev–Trinajstić information content (AvgIpc) is 3.02. The Hall–Kier alpha value is -1.54. The molecule has 0 bridgehead atoms. The Labute approximate surface area is 137 Å². The highest BCUT2D eigenvalue weighted by molar-refractivity contribution is 7.99. The average molecular weight is 349 g/mol. The molecular formula is C16H15NO4S2. The third-order valence-corrected chi connectivity index (χ3v) is 7.74. The van der Waals surface area contributed by atoms with E-state index in [1.807, 2.05) is 31.2 Å². The highest BCUT2D eigenvalue weighted by Gasteiger charge is 2.52. The molecule has 3 atom stereocenters. The van der Waals surface area contributed by atoms with E-state index in [1.54, 1.807) is 12.1 Å². The number of rotatable bonds is 2. The van der Waals surface area contributed by atoms with E-state index in [0.717, 1.165) is 20.4 Å². The van der Waals surface area contributed by atoms with Crippen molar-refractivity contribution in [1.82, 2.24) is 3.71 Å². The Morgan fingerprint density at radius 3 is 2.57 bits per heavy atom. The summed E-state index contributed by atoms with van der Waals surface area (Å²) in [6.45, 7) is 1.89. The van der Waals surface area contributed by atoms with E-state index in [1.165, 1.54) is 12.1 Å². The van der Waals surface area contributed by atoms with Gasteiger partial charge in [0.05, 0.1) is 10.9 Å². The highest BCUT2D eigenvalue weighted by Crippen LogP contribution is 2.46. The van der Waals surface area contributed by atoms with Crippen molar-refractivity contribution >= 4 is 21.3 Å². The van der Waals surface area contributed by atoms with Gasteiger partial charge in [-0.25, -0.2) is 12.6 Å². The second-order valence-electron chi connectivity index (χ2n) is 5.77. The van der Waals surface area contributed by atoms with Crippen LogP contribution in [0.5, 0.6) is 0 Å². The third-order valence-electron chi connectivity index (χ3n) is 4.28. The molecular weight excluding hydrogens is 334 g/mol. The zero-order valence-corrected chi connectivity index (χ0v) is 14.0. The van der Waals surface area contributed by atoms with Gasteiger partial charge in [0, 0.05) is 6.42 Å². The van der Waals surface area contributed by atoms with Crippen molar-refractivity contribution in [3.05, 3.63) is 65.2 Å². The van der Waals surface area contributed by atoms with Gasteiger partial charge in [0.25, 0.3) is 21.3 Å². The molecule has 1 aliphatic heterocycles. The zero-order valence-electron chi connectivity index (χ0n) is 12.4. The number of nitrogens with zero attached hydrogens (tertiary/aromatic N) is 1. The first kappa shape index (κ1) is 15.0. The van der Waals surface area contributed by atoms with Crippen LogP contribution in [0.1, 0.15) is 22.7 Å². The molecule has 120 valence electrons. The quantitative estimate of drug-likeness (QED) is 0.834. The van der Waals surface area contributed by atoms with Crippen molar-refractivity contribution in [1.29, 1.82) is 0 Å². The molecule has 2 aromatic carbocycles. The molecule has 0 spiro atoms. The fourth-order valence-corrected chi connectivity index (χ4v) is 6.30.